The van der Waals surface area contributed by atoms with Crippen molar-refractivity contribution >= 4 is 0 Å². The summed E-state index contributed by atoms with van der Waals surface area (Å²) in [6.45, 7) is 2.28. The van der Waals surface area contributed by atoms with Crippen molar-refractivity contribution in [2.24, 2.45) is 17.8 Å². The smallest absolute Gasteiger partial charge is 0.0641 e. The maximum Gasteiger partial charge on any atom is 0.0641 e. The van der Waals surface area contributed by atoms with Gasteiger partial charge in [-0.2, -0.15) is 0 Å². The van der Waals surface area contributed by atoms with Crippen LogP contribution < -0.4 is 0 Å². The van der Waals surface area contributed by atoms with E-state index in [0.29, 0.717) is 18.3 Å². The summed E-state index contributed by atoms with van der Waals surface area (Å²) in [4.78, 5) is 0. The minimum atomic E-state index is -0.273. The van der Waals surface area contributed by atoms with E-state index in [-0.39, 0.29) is 24.7 Å². The largest absolute Gasteiger partial charge is 0.393 e. The molecule has 0 unspecified atom stereocenters. The first kappa shape index (κ1) is 15.7. The molecule has 3 N–H and O–H groups in total. The summed E-state index contributed by atoms with van der Waals surface area (Å²) >= 11 is 0. The predicted octanol–water partition coefficient (Wildman–Crippen LogP) is 2.42. The topological polar surface area (TPSA) is 60.7 Å². The Morgan fingerprint density at radius 3 is 2.95 bits per heavy atom. The second-order valence-corrected chi connectivity index (χ2v) is 6.36. The monoisotopic (exact) mass is 280 g/mol. The fraction of sp³-hybridized carbons (Fsp3) is 0.765. The van der Waals surface area contributed by atoms with E-state index in [0.717, 1.165) is 37.7 Å². The SMILES string of the molecule is CCCC[C@H](O)C/C=C/[C@@H]1[C@H]2CC(CO)=C[C@H]2C[C@H]1O. The van der Waals surface area contributed by atoms with Gasteiger partial charge in [-0.05, 0) is 43.1 Å². The molecule has 2 aliphatic rings. The minimum Gasteiger partial charge on any atom is -0.393 e. The highest BCUT2D eigenvalue weighted by atomic mass is 16.3. The Labute approximate surface area is 122 Å². The molecule has 0 heterocycles. The van der Waals surface area contributed by atoms with Gasteiger partial charge >= 0.3 is 0 Å². The number of rotatable bonds is 7. The number of unbranched alkanes of at least 4 members (excludes halogenated alkanes) is 1. The molecule has 0 aromatic heterocycles. The molecule has 20 heavy (non-hydrogen) atoms. The second-order valence-electron chi connectivity index (χ2n) is 6.36. The lowest BCUT2D eigenvalue weighted by atomic mass is 9.89. The lowest BCUT2D eigenvalue weighted by molar-refractivity contribution is 0.139. The van der Waals surface area contributed by atoms with Crippen LogP contribution in [0.5, 0.6) is 0 Å². The van der Waals surface area contributed by atoms with Gasteiger partial charge in [0.2, 0.25) is 0 Å². The van der Waals surface area contributed by atoms with E-state index >= 15 is 0 Å². The van der Waals surface area contributed by atoms with E-state index in [2.05, 4.69) is 19.1 Å². The first-order valence-electron chi connectivity index (χ1n) is 7.99. The van der Waals surface area contributed by atoms with Gasteiger partial charge < -0.3 is 15.3 Å². The molecule has 0 bridgehead atoms. The summed E-state index contributed by atoms with van der Waals surface area (Å²) in [6, 6.07) is 0. The lowest BCUT2D eigenvalue weighted by Crippen LogP contribution is -2.17. The first-order valence-corrected chi connectivity index (χ1v) is 7.99. The summed E-state index contributed by atoms with van der Waals surface area (Å²) < 4.78 is 0. The van der Waals surface area contributed by atoms with Crippen molar-refractivity contribution in [2.45, 2.75) is 57.7 Å². The molecule has 0 aromatic carbocycles. The third-order valence-corrected chi connectivity index (χ3v) is 4.81. The number of hydrogen-bond donors (Lipinski definition) is 3. The molecule has 1 fully saturated rings. The molecule has 0 radical (unpaired) electrons. The van der Waals surface area contributed by atoms with Crippen LogP contribution in [-0.4, -0.2) is 34.1 Å². The maximum atomic E-state index is 10.2. The zero-order valence-corrected chi connectivity index (χ0v) is 12.4. The van der Waals surface area contributed by atoms with Crippen LogP contribution in [0.4, 0.5) is 0 Å². The number of hydrogen-bond acceptors (Lipinski definition) is 3. The van der Waals surface area contributed by atoms with Crippen LogP contribution in [-0.2, 0) is 0 Å². The van der Waals surface area contributed by atoms with Gasteiger partial charge in [0.15, 0.2) is 0 Å². The molecule has 0 spiro atoms. The van der Waals surface area contributed by atoms with Gasteiger partial charge in [0, 0.05) is 5.92 Å². The van der Waals surface area contributed by atoms with Crippen molar-refractivity contribution in [1.29, 1.82) is 0 Å². The summed E-state index contributed by atoms with van der Waals surface area (Å²) in [5.74, 6) is 1.04. The van der Waals surface area contributed by atoms with Crippen LogP contribution in [0, 0.1) is 17.8 Å². The van der Waals surface area contributed by atoms with Crippen LogP contribution in [0.3, 0.4) is 0 Å². The quantitative estimate of drug-likeness (QED) is 0.628. The van der Waals surface area contributed by atoms with E-state index in [4.69, 9.17) is 0 Å². The van der Waals surface area contributed by atoms with Crippen molar-refractivity contribution in [3.63, 3.8) is 0 Å². The first-order chi connectivity index (χ1) is 9.65. The van der Waals surface area contributed by atoms with Crippen molar-refractivity contribution in [2.75, 3.05) is 6.61 Å². The molecule has 0 saturated heterocycles. The van der Waals surface area contributed by atoms with Crippen LogP contribution in [0.25, 0.3) is 0 Å². The van der Waals surface area contributed by atoms with E-state index in [1.807, 2.05) is 6.08 Å². The molecule has 2 rings (SSSR count). The van der Waals surface area contributed by atoms with Crippen molar-refractivity contribution in [3.8, 4) is 0 Å². The van der Waals surface area contributed by atoms with Gasteiger partial charge in [-0.1, -0.05) is 38.0 Å². The van der Waals surface area contributed by atoms with Crippen molar-refractivity contribution < 1.29 is 15.3 Å². The van der Waals surface area contributed by atoms with Gasteiger partial charge in [0.25, 0.3) is 0 Å². The molecule has 3 nitrogen and oxygen atoms in total. The number of aliphatic hydroxyl groups is 3. The lowest BCUT2D eigenvalue weighted by Gasteiger charge is -2.18. The predicted molar refractivity (Wildman–Crippen MR) is 80.2 cm³/mol. The number of fused-ring (bicyclic) bond motifs is 1. The average molecular weight is 280 g/mol. The zero-order valence-electron chi connectivity index (χ0n) is 12.4. The van der Waals surface area contributed by atoms with Gasteiger partial charge in [-0.3, -0.25) is 0 Å². The highest BCUT2D eigenvalue weighted by Crippen LogP contribution is 2.47. The second kappa shape index (κ2) is 7.39. The average Bonchev–Trinajstić information content (AvgIpc) is 2.95. The Morgan fingerprint density at radius 1 is 1.45 bits per heavy atom. The Bertz CT molecular complexity index is 361. The number of aliphatic hydroxyl groups excluding tert-OH is 3. The highest BCUT2D eigenvalue weighted by Gasteiger charge is 2.43. The summed E-state index contributed by atoms with van der Waals surface area (Å²) in [5.41, 5.74) is 1.12. The van der Waals surface area contributed by atoms with E-state index in [1.165, 1.54) is 0 Å². The molecule has 0 amide bonds. The molecular weight excluding hydrogens is 252 g/mol. The standard InChI is InChI=1S/C17H28O3/c1-2-3-5-14(19)6-4-7-15-16-9-12(11-18)8-13(16)10-17(15)20/h4,7-8,13-20H,2-3,5-6,9-11H2,1H3/b7-4+/t13-,14-,15+,16-,17+/m0/s1. The van der Waals surface area contributed by atoms with Crippen molar-refractivity contribution in [1.82, 2.24) is 0 Å². The van der Waals surface area contributed by atoms with E-state index < -0.39 is 0 Å². The van der Waals surface area contributed by atoms with Gasteiger partial charge in [-0.25, -0.2) is 0 Å². The van der Waals surface area contributed by atoms with E-state index in [1.54, 1.807) is 0 Å². The minimum absolute atomic E-state index is 0.148. The van der Waals surface area contributed by atoms with Crippen LogP contribution in [0.2, 0.25) is 0 Å². The van der Waals surface area contributed by atoms with Gasteiger partial charge in [0.1, 0.15) is 0 Å². The summed E-state index contributed by atoms with van der Waals surface area (Å²) in [5, 5.41) is 29.2. The zero-order chi connectivity index (χ0) is 14.5. The Kier molecular flexibility index (Phi) is 5.82. The fourth-order valence-electron chi connectivity index (χ4n) is 3.67. The van der Waals surface area contributed by atoms with Gasteiger partial charge in [-0.15, -0.1) is 0 Å². The molecule has 5 atom stereocenters. The summed E-state index contributed by atoms with van der Waals surface area (Å²) in [6.07, 6.45) is 11.2. The number of allylic oxidation sites excluding steroid dienone is 1. The molecular formula is C17H28O3. The third kappa shape index (κ3) is 3.72. The van der Waals surface area contributed by atoms with E-state index in [9.17, 15) is 15.3 Å². The van der Waals surface area contributed by atoms with Crippen LogP contribution in [0.1, 0.15) is 45.4 Å². The Balaban J connectivity index is 1.83. The molecule has 0 aromatic rings. The maximum absolute atomic E-state index is 10.2. The molecule has 114 valence electrons. The van der Waals surface area contributed by atoms with Crippen molar-refractivity contribution in [3.05, 3.63) is 23.8 Å². The van der Waals surface area contributed by atoms with Gasteiger partial charge in [0.05, 0.1) is 18.8 Å². The molecule has 2 aliphatic carbocycles. The van der Waals surface area contributed by atoms with Crippen LogP contribution >= 0.6 is 0 Å². The Hall–Kier alpha value is -0.640. The fourth-order valence-corrected chi connectivity index (χ4v) is 3.67. The third-order valence-electron chi connectivity index (χ3n) is 4.81. The Morgan fingerprint density at radius 2 is 2.25 bits per heavy atom. The highest BCUT2D eigenvalue weighted by molar-refractivity contribution is 5.20. The molecule has 0 aliphatic heterocycles. The molecule has 1 saturated carbocycles. The summed E-state index contributed by atoms with van der Waals surface area (Å²) in [7, 11) is 0. The van der Waals surface area contributed by atoms with Crippen LogP contribution in [0.15, 0.2) is 23.8 Å². The normalized spacial score (nSPS) is 34.5. The molecule has 3 heteroatoms.